The van der Waals surface area contributed by atoms with E-state index < -0.39 is 17.9 Å². The van der Waals surface area contributed by atoms with Gasteiger partial charge in [-0.05, 0) is 68.7 Å². The van der Waals surface area contributed by atoms with Crippen molar-refractivity contribution >= 4 is 11.7 Å². The molecule has 0 aliphatic carbocycles. The summed E-state index contributed by atoms with van der Waals surface area (Å²) in [4.78, 5) is 27.5. The number of carbonyl (C=O) groups excluding carboxylic acids is 1. The van der Waals surface area contributed by atoms with Gasteiger partial charge in [0.1, 0.15) is 23.5 Å². The molecule has 234 valence electrons. The first-order valence-corrected chi connectivity index (χ1v) is 15.3. The Morgan fingerprint density at radius 1 is 0.977 bits per heavy atom. The van der Waals surface area contributed by atoms with E-state index in [2.05, 4.69) is 5.32 Å². The van der Waals surface area contributed by atoms with Crippen molar-refractivity contribution < 1.29 is 31.8 Å². The average molecular weight is 606 g/mol. The number of rotatable bonds is 5. The number of piperidine rings is 1. The smallest absolute Gasteiger partial charge is 0.381 e. The highest BCUT2D eigenvalue weighted by molar-refractivity contribution is 5.95. The minimum atomic E-state index is -4.42. The molecule has 1 N–H and O–H groups in total. The Balaban J connectivity index is 1.23. The normalized spacial score (nSPS) is 24.2. The Morgan fingerprint density at radius 3 is 2.44 bits per heavy atom. The zero-order chi connectivity index (χ0) is 30.1. The number of fused-ring (bicyclic) bond motifs is 1. The summed E-state index contributed by atoms with van der Waals surface area (Å²) in [5.74, 6) is 1.07. The quantitative estimate of drug-likeness (QED) is 0.500. The summed E-state index contributed by atoms with van der Waals surface area (Å²) in [5, 5.41) is 3.44. The van der Waals surface area contributed by atoms with E-state index >= 15 is 0 Å². The van der Waals surface area contributed by atoms with Gasteiger partial charge in [0.2, 0.25) is 0 Å². The van der Waals surface area contributed by atoms with Crippen LogP contribution >= 0.6 is 0 Å². The molecule has 2 atom stereocenters. The van der Waals surface area contributed by atoms with Crippen LogP contribution in [0.3, 0.4) is 0 Å². The molecule has 1 amide bonds. The molecule has 43 heavy (non-hydrogen) atoms. The Kier molecular flexibility index (Phi) is 8.89. The van der Waals surface area contributed by atoms with Gasteiger partial charge in [-0.25, -0.2) is 14.4 Å². The first-order valence-electron chi connectivity index (χ1n) is 15.3. The SMILES string of the molecule is Cc1c(C(=O)N2CCC(N[C@H]3CCOCC3F)CC2)nc(C2CCOCC2)nc1N1CCc2ccc(C(F)(F)F)cc2C1. The number of halogens is 4. The highest BCUT2D eigenvalue weighted by Gasteiger charge is 2.34. The molecule has 1 aromatic carbocycles. The number of alkyl halides is 4. The zero-order valence-corrected chi connectivity index (χ0v) is 24.5. The fraction of sp³-hybridized carbons (Fsp3) is 0.645. The number of hydrogen-bond acceptors (Lipinski definition) is 7. The summed E-state index contributed by atoms with van der Waals surface area (Å²) in [7, 11) is 0. The van der Waals surface area contributed by atoms with Crippen LogP contribution in [0.2, 0.25) is 0 Å². The second-order valence-electron chi connectivity index (χ2n) is 12.1. The lowest BCUT2D eigenvalue weighted by molar-refractivity contribution is -0.137. The van der Waals surface area contributed by atoms with Gasteiger partial charge in [0.05, 0.1) is 12.2 Å². The van der Waals surface area contributed by atoms with Crippen LogP contribution in [0.4, 0.5) is 23.4 Å². The maximum atomic E-state index is 14.3. The number of anilines is 1. The zero-order valence-electron chi connectivity index (χ0n) is 24.5. The van der Waals surface area contributed by atoms with Crippen LogP contribution in [0.25, 0.3) is 0 Å². The van der Waals surface area contributed by atoms with Crippen LogP contribution in [0.5, 0.6) is 0 Å². The van der Waals surface area contributed by atoms with E-state index in [4.69, 9.17) is 19.4 Å². The predicted molar refractivity (Wildman–Crippen MR) is 152 cm³/mol. The van der Waals surface area contributed by atoms with Crippen LogP contribution in [-0.2, 0) is 28.6 Å². The second-order valence-corrected chi connectivity index (χ2v) is 12.1. The van der Waals surface area contributed by atoms with Gasteiger partial charge < -0.3 is 24.6 Å². The van der Waals surface area contributed by atoms with Crippen LogP contribution in [0, 0.1) is 6.92 Å². The first-order chi connectivity index (χ1) is 20.7. The molecule has 0 spiro atoms. The monoisotopic (exact) mass is 605 g/mol. The number of amides is 1. The molecular formula is C31H39F4N5O3. The molecule has 3 saturated heterocycles. The third-order valence-corrected chi connectivity index (χ3v) is 9.29. The molecule has 4 aliphatic heterocycles. The third-order valence-electron chi connectivity index (χ3n) is 9.29. The average Bonchev–Trinajstić information content (AvgIpc) is 3.02. The number of hydrogen-bond donors (Lipinski definition) is 1. The number of aromatic nitrogens is 2. The molecule has 1 aromatic heterocycles. The number of nitrogens with zero attached hydrogens (tertiary/aromatic N) is 4. The Morgan fingerprint density at radius 2 is 1.72 bits per heavy atom. The lowest BCUT2D eigenvalue weighted by Crippen LogP contribution is -2.52. The van der Waals surface area contributed by atoms with Crippen molar-refractivity contribution in [1.29, 1.82) is 0 Å². The summed E-state index contributed by atoms with van der Waals surface area (Å²) in [6.45, 7) is 5.58. The van der Waals surface area contributed by atoms with E-state index in [9.17, 15) is 22.4 Å². The van der Waals surface area contributed by atoms with E-state index in [0.29, 0.717) is 93.6 Å². The van der Waals surface area contributed by atoms with Gasteiger partial charge in [-0.15, -0.1) is 0 Å². The lowest BCUT2D eigenvalue weighted by atomic mass is 9.96. The molecule has 1 unspecified atom stereocenters. The fourth-order valence-electron chi connectivity index (χ4n) is 6.68. The summed E-state index contributed by atoms with van der Waals surface area (Å²) >= 11 is 0. The van der Waals surface area contributed by atoms with Crippen molar-refractivity contribution in [2.75, 3.05) is 51.0 Å². The molecule has 0 bridgehead atoms. The number of benzene rings is 1. The van der Waals surface area contributed by atoms with E-state index in [0.717, 1.165) is 24.5 Å². The van der Waals surface area contributed by atoms with Gasteiger partial charge in [-0.3, -0.25) is 4.79 Å². The molecule has 4 aliphatic rings. The van der Waals surface area contributed by atoms with Crippen molar-refractivity contribution in [2.45, 2.75) is 82.3 Å². The fourth-order valence-corrected chi connectivity index (χ4v) is 6.68. The van der Waals surface area contributed by atoms with Crippen LogP contribution in [0.15, 0.2) is 18.2 Å². The van der Waals surface area contributed by atoms with E-state index in [-0.39, 0.29) is 37.1 Å². The maximum absolute atomic E-state index is 14.3. The van der Waals surface area contributed by atoms with Crippen molar-refractivity contribution in [3.8, 4) is 0 Å². The van der Waals surface area contributed by atoms with Gasteiger partial charge in [-0.2, -0.15) is 13.2 Å². The van der Waals surface area contributed by atoms with Gasteiger partial charge in [0.15, 0.2) is 0 Å². The summed E-state index contributed by atoms with van der Waals surface area (Å²) in [5.41, 5.74) is 1.84. The minimum absolute atomic E-state index is 0.0385. The van der Waals surface area contributed by atoms with Gasteiger partial charge in [0.25, 0.3) is 5.91 Å². The van der Waals surface area contributed by atoms with Gasteiger partial charge in [-0.1, -0.05) is 6.07 Å². The number of likely N-dealkylation sites (tertiary alicyclic amines) is 1. The second kappa shape index (κ2) is 12.6. The lowest BCUT2D eigenvalue weighted by Gasteiger charge is -2.37. The van der Waals surface area contributed by atoms with Crippen LogP contribution in [0.1, 0.15) is 76.6 Å². The Hall–Kier alpha value is -2.83. The van der Waals surface area contributed by atoms with Crippen molar-refractivity contribution in [2.24, 2.45) is 0 Å². The van der Waals surface area contributed by atoms with Gasteiger partial charge in [0, 0.05) is 69.6 Å². The molecular weight excluding hydrogens is 566 g/mol. The van der Waals surface area contributed by atoms with E-state index in [1.807, 2.05) is 16.7 Å². The minimum Gasteiger partial charge on any atom is -0.381 e. The standard InChI is InChI=1S/C31H39F4N5O3/c1-19-27(30(41)39-11-5-24(6-12-39)36-26-9-15-43-18-25(26)32)37-28(21-7-13-42-14-8-21)38-29(19)40-10-4-20-2-3-23(31(33,34)35)16-22(20)17-40/h2-3,16,21,24-26,36H,4-15,17-18H2,1H3/t25?,26-/m0/s1. The molecule has 8 nitrogen and oxygen atoms in total. The van der Waals surface area contributed by atoms with Crippen molar-refractivity contribution in [1.82, 2.24) is 20.2 Å². The van der Waals surface area contributed by atoms with E-state index in [1.165, 1.54) is 6.07 Å². The summed E-state index contributed by atoms with van der Waals surface area (Å²) in [6, 6.07) is 3.84. The Bertz CT molecular complexity index is 1310. The van der Waals surface area contributed by atoms with Crippen LogP contribution in [-0.4, -0.2) is 85.1 Å². The first kappa shape index (κ1) is 30.2. The summed E-state index contributed by atoms with van der Waals surface area (Å²) in [6.07, 6.45) is -1.31. The predicted octanol–water partition coefficient (Wildman–Crippen LogP) is 4.58. The highest BCUT2D eigenvalue weighted by atomic mass is 19.4. The molecule has 3 fully saturated rings. The largest absolute Gasteiger partial charge is 0.416 e. The number of ether oxygens (including phenoxy) is 2. The summed E-state index contributed by atoms with van der Waals surface area (Å²) < 4.78 is 65.4. The van der Waals surface area contributed by atoms with Crippen LogP contribution < -0.4 is 10.2 Å². The highest BCUT2D eigenvalue weighted by Crippen LogP contribution is 2.35. The molecule has 2 aromatic rings. The topological polar surface area (TPSA) is 79.8 Å². The van der Waals surface area contributed by atoms with Crippen molar-refractivity contribution in [3.63, 3.8) is 0 Å². The molecule has 12 heteroatoms. The van der Waals surface area contributed by atoms with Gasteiger partial charge >= 0.3 is 6.18 Å². The number of nitrogens with one attached hydrogen (secondary N) is 1. The molecule has 0 radical (unpaired) electrons. The maximum Gasteiger partial charge on any atom is 0.416 e. The molecule has 0 saturated carbocycles. The molecule has 5 heterocycles. The van der Waals surface area contributed by atoms with E-state index in [1.54, 1.807) is 6.07 Å². The van der Waals surface area contributed by atoms with Crippen molar-refractivity contribution in [3.05, 3.63) is 52.0 Å². The Labute approximate surface area is 249 Å². The molecule has 6 rings (SSSR count). The third kappa shape index (κ3) is 6.66. The number of carbonyl (C=O) groups is 1.